The minimum atomic E-state index is -0.234. The van der Waals surface area contributed by atoms with Gasteiger partial charge in [-0.2, -0.15) is 0 Å². The Bertz CT molecular complexity index is 858. The van der Waals surface area contributed by atoms with E-state index in [4.69, 9.17) is 9.73 Å². The van der Waals surface area contributed by atoms with Crippen LogP contribution in [-0.2, 0) is 25.9 Å². The number of nitrogens with zero attached hydrogens (tertiary/aromatic N) is 4. The Morgan fingerprint density at radius 2 is 1.94 bits per heavy atom. The Morgan fingerprint density at radius 1 is 1.12 bits per heavy atom. The van der Waals surface area contributed by atoms with E-state index < -0.39 is 0 Å². The number of aliphatic imine (C=N–C) groups is 1. The molecule has 0 fully saturated rings. The summed E-state index contributed by atoms with van der Waals surface area (Å²) in [5.74, 6) is 4.00. The number of aryl methyl sites for hydroxylation is 2. The summed E-state index contributed by atoms with van der Waals surface area (Å²) in [4.78, 5) is 4.77. The smallest absolute Gasteiger partial charge is 0.191 e. The lowest BCUT2D eigenvalue weighted by Gasteiger charge is -2.23. The number of hydrogen-bond acceptors (Lipinski definition) is 4. The van der Waals surface area contributed by atoms with Gasteiger partial charge >= 0.3 is 0 Å². The van der Waals surface area contributed by atoms with Crippen LogP contribution in [0.2, 0.25) is 0 Å². The van der Waals surface area contributed by atoms with Crippen molar-refractivity contribution in [2.75, 3.05) is 13.1 Å². The van der Waals surface area contributed by atoms with Crippen LogP contribution >= 0.6 is 24.0 Å². The highest BCUT2D eigenvalue weighted by Gasteiger charge is 2.15. The molecule has 0 radical (unpaired) electrons. The lowest BCUT2D eigenvalue weighted by atomic mass is 10.1. The zero-order chi connectivity index (χ0) is 22.1. The highest BCUT2D eigenvalue weighted by molar-refractivity contribution is 14.0. The van der Waals surface area contributed by atoms with Crippen molar-refractivity contribution in [2.45, 2.75) is 84.9 Å². The van der Waals surface area contributed by atoms with E-state index in [0.29, 0.717) is 6.54 Å². The molecular weight excluding hydrogens is 515 g/mol. The Hall–Kier alpha value is -1.84. The van der Waals surface area contributed by atoms with Gasteiger partial charge in [0.1, 0.15) is 23.0 Å². The lowest BCUT2D eigenvalue weighted by Crippen LogP contribution is -2.38. The second-order valence-corrected chi connectivity index (χ2v) is 9.04. The van der Waals surface area contributed by atoms with Crippen molar-refractivity contribution in [3.63, 3.8) is 0 Å². The minimum absolute atomic E-state index is 0. The molecule has 3 rings (SSSR count). The average molecular weight is 555 g/mol. The molecule has 1 aliphatic heterocycles. The van der Waals surface area contributed by atoms with Gasteiger partial charge in [-0.1, -0.05) is 24.6 Å². The number of ether oxygens (including phenoxy) is 1. The van der Waals surface area contributed by atoms with Gasteiger partial charge in [0.25, 0.3) is 0 Å². The normalized spacial score (nSPS) is 14.2. The highest BCUT2D eigenvalue weighted by Crippen LogP contribution is 2.23. The topological polar surface area (TPSA) is 76.4 Å². The summed E-state index contributed by atoms with van der Waals surface area (Å²) >= 11 is 0. The van der Waals surface area contributed by atoms with Crippen LogP contribution in [0.5, 0.6) is 5.75 Å². The maximum Gasteiger partial charge on any atom is 0.191 e. The van der Waals surface area contributed by atoms with Gasteiger partial charge in [-0.05, 0) is 53.0 Å². The SMILES string of the molecule is CCNC(=NCc1ccccc1OC(C)(C)C)NCCCc1nnc2n1CCCCC2.I. The van der Waals surface area contributed by atoms with Gasteiger partial charge in [-0.25, -0.2) is 4.99 Å². The Morgan fingerprint density at radius 3 is 2.72 bits per heavy atom. The summed E-state index contributed by atoms with van der Waals surface area (Å²) < 4.78 is 8.43. The van der Waals surface area contributed by atoms with Crippen LogP contribution in [-0.4, -0.2) is 39.4 Å². The zero-order valence-corrected chi connectivity index (χ0v) is 22.3. The van der Waals surface area contributed by atoms with Crippen LogP contribution in [0.25, 0.3) is 0 Å². The maximum absolute atomic E-state index is 6.09. The summed E-state index contributed by atoms with van der Waals surface area (Å²) in [6.07, 6.45) is 6.73. The van der Waals surface area contributed by atoms with Crippen molar-refractivity contribution < 1.29 is 4.74 Å². The van der Waals surface area contributed by atoms with E-state index in [1.807, 2.05) is 18.2 Å². The summed E-state index contributed by atoms with van der Waals surface area (Å²) in [5.41, 5.74) is 0.850. The number of benzene rings is 1. The summed E-state index contributed by atoms with van der Waals surface area (Å²) in [6.45, 7) is 11.6. The van der Waals surface area contributed by atoms with Gasteiger partial charge in [0, 0.05) is 38.0 Å². The van der Waals surface area contributed by atoms with E-state index in [1.54, 1.807) is 0 Å². The minimum Gasteiger partial charge on any atom is -0.488 e. The number of hydrogen-bond donors (Lipinski definition) is 2. The summed E-state index contributed by atoms with van der Waals surface area (Å²) in [5, 5.41) is 15.6. The molecule has 1 aliphatic rings. The van der Waals surface area contributed by atoms with Crippen LogP contribution < -0.4 is 15.4 Å². The molecule has 0 saturated heterocycles. The van der Waals surface area contributed by atoms with Crippen molar-refractivity contribution in [1.82, 2.24) is 25.4 Å². The Labute approximate surface area is 209 Å². The lowest BCUT2D eigenvalue weighted by molar-refractivity contribution is 0.129. The molecule has 0 saturated carbocycles. The van der Waals surface area contributed by atoms with Crippen molar-refractivity contribution in [1.29, 1.82) is 0 Å². The molecule has 0 aliphatic carbocycles. The highest BCUT2D eigenvalue weighted by atomic mass is 127. The van der Waals surface area contributed by atoms with Gasteiger partial charge in [-0.15, -0.1) is 34.2 Å². The molecule has 0 atom stereocenters. The molecule has 7 nitrogen and oxygen atoms in total. The molecule has 1 aromatic carbocycles. The monoisotopic (exact) mass is 554 g/mol. The third kappa shape index (κ3) is 8.26. The largest absolute Gasteiger partial charge is 0.488 e. The van der Waals surface area contributed by atoms with Gasteiger partial charge < -0.3 is 19.9 Å². The summed E-state index contributed by atoms with van der Waals surface area (Å²) in [7, 11) is 0. The average Bonchev–Trinajstić information content (AvgIpc) is 2.95. The van der Waals surface area contributed by atoms with E-state index in [9.17, 15) is 0 Å². The van der Waals surface area contributed by atoms with Crippen LogP contribution in [0.3, 0.4) is 0 Å². The fraction of sp³-hybridized carbons (Fsp3) is 0.625. The molecule has 8 heteroatoms. The van der Waals surface area contributed by atoms with E-state index in [-0.39, 0.29) is 29.6 Å². The van der Waals surface area contributed by atoms with Crippen LogP contribution in [0.1, 0.15) is 70.6 Å². The van der Waals surface area contributed by atoms with Crippen LogP contribution in [0.15, 0.2) is 29.3 Å². The van der Waals surface area contributed by atoms with Crippen molar-refractivity contribution in [3.05, 3.63) is 41.5 Å². The first-order chi connectivity index (χ1) is 15.0. The van der Waals surface area contributed by atoms with E-state index in [1.165, 1.54) is 19.3 Å². The molecule has 32 heavy (non-hydrogen) atoms. The molecular formula is C24H39IN6O. The second kappa shape index (κ2) is 13.0. The molecule has 2 aromatic rings. The first-order valence-electron chi connectivity index (χ1n) is 11.7. The van der Waals surface area contributed by atoms with Crippen LogP contribution in [0.4, 0.5) is 0 Å². The summed E-state index contributed by atoms with van der Waals surface area (Å²) in [6, 6.07) is 8.12. The van der Waals surface area contributed by atoms with Crippen LogP contribution in [0, 0.1) is 0 Å². The van der Waals surface area contributed by atoms with Gasteiger partial charge in [0.05, 0.1) is 6.54 Å². The number of aromatic nitrogens is 3. The van der Waals surface area contributed by atoms with Gasteiger partial charge in [0.2, 0.25) is 0 Å². The van der Waals surface area contributed by atoms with Crippen molar-refractivity contribution in [3.8, 4) is 5.75 Å². The molecule has 1 aromatic heterocycles. The van der Waals surface area contributed by atoms with Gasteiger partial charge in [-0.3, -0.25) is 0 Å². The molecule has 0 bridgehead atoms. The predicted octanol–water partition coefficient (Wildman–Crippen LogP) is 4.49. The second-order valence-electron chi connectivity index (χ2n) is 9.04. The Balaban J connectivity index is 0.00000363. The third-order valence-corrected chi connectivity index (χ3v) is 5.20. The fourth-order valence-corrected chi connectivity index (χ4v) is 3.75. The molecule has 0 spiro atoms. The number of rotatable bonds is 8. The first kappa shape index (κ1) is 26.4. The van der Waals surface area contributed by atoms with E-state index in [2.05, 4.69) is 59.2 Å². The Kier molecular flexibility index (Phi) is 10.7. The van der Waals surface area contributed by atoms with Crippen molar-refractivity contribution in [2.24, 2.45) is 4.99 Å². The number of halogens is 1. The number of fused-ring (bicyclic) bond motifs is 1. The van der Waals surface area contributed by atoms with Gasteiger partial charge in [0.15, 0.2) is 5.96 Å². The molecule has 178 valence electrons. The van der Waals surface area contributed by atoms with Crippen molar-refractivity contribution >= 4 is 29.9 Å². The predicted molar refractivity (Wildman–Crippen MR) is 141 cm³/mol. The molecule has 0 amide bonds. The third-order valence-electron chi connectivity index (χ3n) is 5.20. The van der Waals surface area contributed by atoms with E-state index >= 15 is 0 Å². The maximum atomic E-state index is 6.09. The number of guanidine groups is 1. The first-order valence-corrected chi connectivity index (χ1v) is 11.7. The molecule has 2 heterocycles. The zero-order valence-electron chi connectivity index (χ0n) is 20.0. The molecule has 0 unspecified atom stereocenters. The number of para-hydroxylation sites is 1. The fourth-order valence-electron chi connectivity index (χ4n) is 3.75. The standard InChI is InChI=1S/C24H38N6O.HI/c1-5-25-23(27-18-19-12-8-9-13-20(19)31-24(2,3)4)26-16-11-15-22-29-28-21-14-7-6-10-17-30(21)22;/h8-9,12-13H,5-7,10-11,14-18H2,1-4H3,(H2,25,26,27);1H. The molecule has 2 N–H and O–H groups in total. The van der Waals surface area contributed by atoms with E-state index in [0.717, 1.165) is 67.8 Å². The quantitative estimate of drug-likeness (QED) is 0.218. The number of nitrogens with one attached hydrogen (secondary N) is 2.